The van der Waals surface area contributed by atoms with Crippen LogP contribution in [0, 0.1) is 11.8 Å². The van der Waals surface area contributed by atoms with Crippen molar-refractivity contribution in [2.75, 3.05) is 11.5 Å². The van der Waals surface area contributed by atoms with Crippen LogP contribution in [0.5, 0.6) is 0 Å². The number of carbonyl (C=O) groups is 1. The highest BCUT2D eigenvalue weighted by atomic mass is 32.2. The molecule has 0 spiro atoms. The normalized spacial score (nSPS) is 18.3. The van der Waals surface area contributed by atoms with Gasteiger partial charge in [0, 0.05) is 22.2 Å². The first-order valence-corrected chi connectivity index (χ1v) is 7.45. The van der Waals surface area contributed by atoms with E-state index in [0.717, 1.165) is 0 Å². The molecule has 3 heteroatoms. The molecule has 1 fully saturated rings. The Bertz CT molecular complexity index is 261. The van der Waals surface area contributed by atoms with Gasteiger partial charge in [-0.2, -0.15) is 0 Å². The molecule has 1 saturated heterocycles. The van der Waals surface area contributed by atoms with Gasteiger partial charge < -0.3 is 4.79 Å². The fourth-order valence-electron chi connectivity index (χ4n) is 1.89. The van der Waals surface area contributed by atoms with Gasteiger partial charge in [-0.1, -0.05) is 13.8 Å². The summed E-state index contributed by atoms with van der Waals surface area (Å²) in [5.41, 5.74) is 1.44. The van der Waals surface area contributed by atoms with Crippen molar-refractivity contribution in [2.24, 2.45) is 11.8 Å². The van der Waals surface area contributed by atoms with Crippen molar-refractivity contribution in [2.45, 2.75) is 34.1 Å². The fourth-order valence-corrected chi connectivity index (χ4v) is 4.52. The summed E-state index contributed by atoms with van der Waals surface area (Å²) in [6.45, 7) is 8.32. The van der Waals surface area contributed by atoms with E-state index in [2.05, 4.69) is 20.8 Å². The van der Waals surface area contributed by atoms with Crippen LogP contribution >= 0.6 is 23.5 Å². The summed E-state index contributed by atoms with van der Waals surface area (Å²) in [4.78, 5) is 11.2. The third kappa shape index (κ3) is 3.87. The number of rotatable bonds is 4. The zero-order chi connectivity index (χ0) is 11.4. The highest BCUT2D eigenvalue weighted by Crippen LogP contribution is 2.42. The van der Waals surface area contributed by atoms with E-state index in [1.54, 1.807) is 6.92 Å². The number of hydrogen-bond donors (Lipinski definition) is 0. The standard InChI is InChI=1S/C12H20OS2/c1-8(2)11(7-9(3)13)10(4)12-14-5-6-15-12/h8,11H,5-7H2,1-4H3. The second kappa shape index (κ2) is 6.00. The molecular weight excluding hydrogens is 224 g/mol. The molecule has 0 N–H and O–H groups in total. The molecule has 0 aromatic rings. The van der Waals surface area contributed by atoms with E-state index < -0.39 is 0 Å². The lowest BCUT2D eigenvalue weighted by Crippen LogP contribution is -2.14. The molecule has 0 aliphatic carbocycles. The van der Waals surface area contributed by atoms with Crippen LogP contribution in [0.25, 0.3) is 0 Å². The quantitative estimate of drug-likeness (QED) is 0.745. The Morgan fingerprint density at radius 3 is 2.20 bits per heavy atom. The summed E-state index contributed by atoms with van der Waals surface area (Å²) in [7, 11) is 0. The van der Waals surface area contributed by atoms with Crippen molar-refractivity contribution in [1.29, 1.82) is 0 Å². The molecule has 1 heterocycles. The van der Waals surface area contributed by atoms with Gasteiger partial charge in [0.1, 0.15) is 5.78 Å². The second-order valence-electron chi connectivity index (χ2n) is 4.42. The fraction of sp³-hybridized carbons (Fsp3) is 0.750. The lowest BCUT2D eigenvalue weighted by molar-refractivity contribution is -0.117. The summed E-state index contributed by atoms with van der Waals surface area (Å²) < 4.78 is 1.47. The summed E-state index contributed by atoms with van der Waals surface area (Å²) in [5.74, 6) is 3.75. The van der Waals surface area contributed by atoms with E-state index in [-0.39, 0.29) is 0 Å². The van der Waals surface area contributed by atoms with Crippen molar-refractivity contribution >= 4 is 29.3 Å². The van der Waals surface area contributed by atoms with Gasteiger partial charge in [-0.25, -0.2) is 0 Å². The van der Waals surface area contributed by atoms with Gasteiger partial charge in [0.05, 0.1) is 0 Å². The molecule has 0 aromatic heterocycles. The first-order chi connectivity index (χ1) is 7.02. The minimum absolute atomic E-state index is 0.307. The molecule has 1 unspecified atom stereocenters. The molecule has 1 rings (SSSR count). The summed E-state index contributed by atoms with van der Waals surface area (Å²) >= 11 is 3.91. The molecule has 0 saturated carbocycles. The maximum Gasteiger partial charge on any atom is 0.130 e. The molecule has 1 aliphatic heterocycles. The van der Waals surface area contributed by atoms with Gasteiger partial charge in [-0.3, -0.25) is 0 Å². The van der Waals surface area contributed by atoms with Crippen LogP contribution in [0.15, 0.2) is 9.81 Å². The summed E-state index contributed by atoms with van der Waals surface area (Å²) in [6, 6.07) is 0. The predicted molar refractivity (Wildman–Crippen MR) is 71.2 cm³/mol. The van der Waals surface area contributed by atoms with Crippen LogP contribution in [0.4, 0.5) is 0 Å². The summed E-state index contributed by atoms with van der Waals surface area (Å²) in [5, 5.41) is 0. The predicted octanol–water partition coefficient (Wildman–Crippen LogP) is 3.95. The number of hydrogen-bond acceptors (Lipinski definition) is 3. The first kappa shape index (κ1) is 13.2. The Labute approximate surface area is 101 Å². The van der Waals surface area contributed by atoms with E-state index in [1.807, 2.05) is 23.5 Å². The Kier molecular flexibility index (Phi) is 5.27. The molecule has 0 radical (unpaired) electrons. The van der Waals surface area contributed by atoms with Crippen LogP contribution in [0.2, 0.25) is 0 Å². The average molecular weight is 244 g/mol. The van der Waals surface area contributed by atoms with Crippen LogP contribution in [0.3, 0.4) is 0 Å². The van der Waals surface area contributed by atoms with Crippen LogP contribution in [0.1, 0.15) is 34.1 Å². The van der Waals surface area contributed by atoms with Gasteiger partial charge in [-0.15, -0.1) is 23.5 Å². The van der Waals surface area contributed by atoms with Gasteiger partial charge >= 0.3 is 0 Å². The van der Waals surface area contributed by atoms with E-state index in [1.165, 1.54) is 21.3 Å². The molecule has 86 valence electrons. The van der Waals surface area contributed by atoms with E-state index in [0.29, 0.717) is 24.0 Å². The Hall–Kier alpha value is 0.110. The van der Waals surface area contributed by atoms with Crippen molar-refractivity contribution in [3.8, 4) is 0 Å². The molecular formula is C12H20OS2. The highest BCUT2D eigenvalue weighted by Gasteiger charge is 2.22. The Morgan fingerprint density at radius 1 is 1.27 bits per heavy atom. The maximum absolute atomic E-state index is 11.2. The summed E-state index contributed by atoms with van der Waals surface area (Å²) in [6.07, 6.45) is 0.702. The molecule has 0 bridgehead atoms. The number of allylic oxidation sites excluding steroid dienone is 1. The van der Waals surface area contributed by atoms with Crippen LogP contribution < -0.4 is 0 Å². The molecule has 0 amide bonds. The van der Waals surface area contributed by atoms with Crippen molar-refractivity contribution < 1.29 is 4.79 Å². The van der Waals surface area contributed by atoms with Gasteiger partial charge in [0.25, 0.3) is 0 Å². The van der Waals surface area contributed by atoms with Gasteiger partial charge in [0.2, 0.25) is 0 Å². The lowest BCUT2D eigenvalue weighted by Gasteiger charge is -2.22. The minimum Gasteiger partial charge on any atom is -0.300 e. The van der Waals surface area contributed by atoms with Crippen molar-refractivity contribution in [1.82, 2.24) is 0 Å². The monoisotopic (exact) mass is 244 g/mol. The zero-order valence-electron chi connectivity index (χ0n) is 10.0. The largest absolute Gasteiger partial charge is 0.300 e. The van der Waals surface area contributed by atoms with E-state index >= 15 is 0 Å². The molecule has 15 heavy (non-hydrogen) atoms. The SMILES string of the molecule is CC(=O)CC(C(C)=C1SCCS1)C(C)C. The maximum atomic E-state index is 11.2. The highest BCUT2D eigenvalue weighted by molar-refractivity contribution is 8.25. The Balaban J connectivity index is 2.78. The third-order valence-corrected chi connectivity index (χ3v) is 5.69. The molecule has 1 aliphatic rings. The van der Waals surface area contributed by atoms with Crippen LogP contribution in [-0.2, 0) is 4.79 Å². The topological polar surface area (TPSA) is 17.1 Å². The van der Waals surface area contributed by atoms with Gasteiger partial charge in [-0.05, 0) is 31.3 Å². The van der Waals surface area contributed by atoms with Crippen molar-refractivity contribution in [3.63, 3.8) is 0 Å². The molecule has 1 atom stereocenters. The number of carbonyl (C=O) groups excluding carboxylic acids is 1. The zero-order valence-corrected chi connectivity index (χ0v) is 11.6. The third-order valence-electron chi connectivity index (χ3n) is 2.74. The molecule has 0 aromatic carbocycles. The Morgan fingerprint density at radius 2 is 1.80 bits per heavy atom. The van der Waals surface area contributed by atoms with E-state index in [9.17, 15) is 4.79 Å². The van der Waals surface area contributed by atoms with Gasteiger partial charge in [0.15, 0.2) is 0 Å². The lowest BCUT2D eigenvalue weighted by atomic mass is 9.86. The smallest absolute Gasteiger partial charge is 0.130 e. The van der Waals surface area contributed by atoms with E-state index in [4.69, 9.17) is 0 Å². The number of thioether (sulfide) groups is 2. The number of ketones is 1. The average Bonchev–Trinajstić information content (AvgIpc) is 2.65. The number of Topliss-reactive ketones (excluding diaryl/α,β-unsaturated/α-hetero) is 1. The first-order valence-electron chi connectivity index (χ1n) is 5.48. The second-order valence-corrected chi connectivity index (χ2v) is 6.89. The minimum atomic E-state index is 0.307. The van der Waals surface area contributed by atoms with Crippen LogP contribution in [-0.4, -0.2) is 17.3 Å². The van der Waals surface area contributed by atoms with Crippen molar-refractivity contribution in [3.05, 3.63) is 9.81 Å². The molecule has 1 nitrogen and oxygen atoms in total.